The number of guanidine groups is 1. The molecule has 0 spiro atoms. The number of nitrogens with two attached hydrogens (primary N) is 1. The molecular weight excluding hydrogens is 437 g/mol. The molecule has 1 unspecified atom stereocenters. The van der Waals surface area contributed by atoms with Crippen LogP contribution in [0.1, 0.15) is 22.7 Å². The Labute approximate surface area is 164 Å². The second kappa shape index (κ2) is 9.39. The van der Waals surface area contributed by atoms with E-state index in [9.17, 15) is 4.79 Å². The second-order valence-electron chi connectivity index (χ2n) is 6.07. The molecule has 2 fully saturated rings. The number of halogens is 1. The fourth-order valence-electron chi connectivity index (χ4n) is 3.28. The summed E-state index contributed by atoms with van der Waals surface area (Å²) in [5, 5.41) is 3.29. The molecule has 140 valence electrons. The third-order valence-electron chi connectivity index (χ3n) is 4.56. The number of furan rings is 1. The van der Waals surface area contributed by atoms with Gasteiger partial charge in [-0.2, -0.15) is 0 Å². The monoisotopic (exact) mass is 463 g/mol. The zero-order chi connectivity index (χ0) is 16.9. The number of aliphatic imine (C=N–C) groups is 1. The Balaban J connectivity index is 0.00000225. The van der Waals surface area contributed by atoms with Gasteiger partial charge in [0.15, 0.2) is 11.7 Å². The highest BCUT2D eigenvalue weighted by atomic mass is 127. The summed E-state index contributed by atoms with van der Waals surface area (Å²) >= 11 is 0. The van der Waals surface area contributed by atoms with Crippen LogP contribution in [0.3, 0.4) is 0 Å². The van der Waals surface area contributed by atoms with E-state index in [1.54, 1.807) is 19.2 Å². The van der Waals surface area contributed by atoms with Crippen LogP contribution in [0.25, 0.3) is 0 Å². The Kier molecular flexibility index (Phi) is 7.51. The smallest absolute Gasteiger partial charge is 0.284 e. The van der Waals surface area contributed by atoms with Crippen LogP contribution in [0.5, 0.6) is 0 Å². The van der Waals surface area contributed by atoms with E-state index >= 15 is 0 Å². The number of hydrogen-bond donors (Lipinski definition) is 2. The number of carbonyl (C=O) groups is 1. The summed E-state index contributed by atoms with van der Waals surface area (Å²) in [7, 11) is 1.78. The minimum atomic E-state index is -0.557. The summed E-state index contributed by atoms with van der Waals surface area (Å²) in [6, 6.07) is 3.89. The zero-order valence-electron chi connectivity index (χ0n) is 14.4. The lowest BCUT2D eigenvalue weighted by Crippen LogP contribution is -2.46. The first kappa shape index (κ1) is 20.0. The van der Waals surface area contributed by atoms with E-state index < -0.39 is 5.91 Å². The van der Waals surface area contributed by atoms with E-state index in [0.717, 1.165) is 51.8 Å². The number of ether oxygens (including phenoxy) is 1. The molecular formula is C16H26IN5O3. The molecule has 0 aliphatic carbocycles. The van der Waals surface area contributed by atoms with E-state index in [1.165, 1.54) is 0 Å². The van der Waals surface area contributed by atoms with Gasteiger partial charge in [0.1, 0.15) is 5.76 Å². The van der Waals surface area contributed by atoms with Crippen LogP contribution in [0.2, 0.25) is 0 Å². The number of morpholine rings is 1. The number of amides is 1. The lowest BCUT2D eigenvalue weighted by molar-refractivity contribution is 0.0195. The Morgan fingerprint density at radius 2 is 2.12 bits per heavy atom. The van der Waals surface area contributed by atoms with Crippen molar-refractivity contribution in [3.05, 3.63) is 23.7 Å². The highest BCUT2D eigenvalue weighted by Gasteiger charge is 2.30. The molecule has 3 heterocycles. The molecule has 1 atom stereocenters. The third-order valence-corrected chi connectivity index (χ3v) is 4.56. The van der Waals surface area contributed by atoms with Gasteiger partial charge in [-0.3, -0.25) is 14.7 Å². The molecule has 25 heavy (non-hydrogen) atoms. The summed E-state index contributed by atoms with van der Waals surface area (Å²) in [5.41, 5.74) is 5.20. The molecule has 8 nitrogen and oxygen atoms in total. The standard InChI is InChI=1S/C16H25N5O3.HI/c1-18-16(19-10-13-2-3-14(24-13)15(17)22)21-5-4-12(11-21)20-6-8-23-9-7-20;/h2-3,12H,4-11H2,1H3,(H2,17,22)(H,18,19);1H. The first-order valence-electron chi connectivity index (χ1n) is 8.33. The molecule has 0 saturated carbocycles. The van der Waals surface area contributed by atoms with Crippen LogP contribution in [-0.2, 0) is 11.3 Å². The Hall–Kier alpha value is -1.33. The molecule has 3 N–H and O–H groups in total. The molecule has 2 aliphatic rings. The summed E-state index contributed by atoms with van der Waals surface area (Å²) in [6.07, 6.45) is 1.13. The fraction of sp³-hybridized carbons (Fsp3) is 0.625. The molecule has 2 saturated heterocycles. The zero-order valence-corrected chi connectivity index (χ0v) is 16.8. The molecule has 1 amide bonds. The van der Waals surface area contributed by atoms with Gasteiger partial charge >= 0.3 is 0 Å². The normalized spacial score (nSPS) is 21.9. The predicted octanol–water partition coefficient (Wildman–Crippen LogP) is 0.478. The van der Waals surface area contributed by atoms with Gasteiger partial charge in [0.05, 0.1) is 19.8 Å². The third kappa shape index (κ3) is 5.08. The quantitative estimate of drug-likeness (QED) is 0.383. The van der Waals surface area contributed by atoms with Crippen molar-refractivity contribution in [2.45, 2.75) is 19.0 Å². The van der Waals surface area contributed by atoms with Gasteiger partial charge in [0, 0.05) is 39.3 Å². The molecule has 9 heteroatoms. The first-order valence-corrected chi connectivity index (χ1v) is 8.33. The van der Waals surface area contributed by atoms with Gasteiger partial charge in [-0.25, -0.2) is 0 Å². The Bertz CT molecular complexity index is 600. The summed E-state index contributed by atoms with van der Waals surface area (Å²) in [6.45, 7) is 6.07. The van der Waals surface area contributed by atoms with Crippen LogP contribution < -0.4 is 11.1 Å². The van der Waals surface area contributed by atoms with E-state index in [0.29, 0.717) is 18.3 Å². The highest BCUT2D eigenvalue weighted by Crippen LogP contribution is 2.17. The van der Waals surface area contributed by atoms with Crippen molar-refractivity contribution >= 4 is 35.8 Å². The summed E-state index contributed by atoms with van der Waals surface area (Å²) in [4.78, 5) is 20.2. The number of carbonyl (C=O) groups excluding carboxylic acids is 1. The molecule has 0 bridgehead atoms. The van der Waals surface area contributed by atoms with Gasteiger partial charge in [0.2, 0.25) is 0 Å². The highest BCUT2D eigenvalue weighted by molar-refractivity contribution is 14.0. The minimum Gasteiger partial charge on any atom is -0.454 e. The van der Waals surface area contributed by atoms with Gasteiger partial charge in [-0.05, 0) is 18.6 Å². The SMILES string of the molecule is CN=C(NCc1ccc(C(N)=O)o1)N1CCC(N2CCOCC2)C1.I. The maximum Gasteiger partial charge on any atom is 0.284 e. The van der Waals surface area contributed by atoms with Crippen LogP contribution in [0.15, 0.2) is 21.5 Å². The first-order chi connectivity index (χ1) is 11.7. The Morgan fingerprint density at radius 3 is 2.76 bits per heavy atom. The molecule has 0 aromatic carbocycles. The summed E-state index contributed by atoms with van der Waals surface area (Å²) < 4.78 is 10.8. The van der Waals surface area contributed by atoms with Crippen LogP contribution >= 0.6 is 24.0 Å². The lowest BCUT2D eigenvalue weighted by Gasteiger charge is -2.32. The average Bonchev–Trinajstić information content (AvgIpc) is 3.26. The van der Waals surface area contributed by atoms with Crippen molar-refractivity contribution in [1.29, 1.82) is 0 Å². The number of likely N-dealkylation sites (tertiary alicyclic amines) is 1. The fourth-order valence-corrected chi connectivity index (χ4v) is 3.28. The molecule has 2 aliphatic heterocycles. The van der Waals surface area contributed by atoms with E-state index in [2.05, 4.69) is 20.1 Å². The van der Waals surface area contributed by atoms with E-state index in [-0.39, 0.29) is 29.7 Å². The van der Waals surface area contributed by atoms with E-state index in [1.807, 2.05) is 0 Å². The summed E-state index contributed by atoms with van der Waals surface area (Å²) in [5.74, 6) is 1.13. The maximum absolute atomic E-state index is 11.1. The maximum atomic E-state index is 11.1. The molecule has 3 rings (SSSR count). The number of primary amides is 1. The van der Waals surface area contributed by atoms with Crippen LogP contribution in [0, 0.1) is 0 Å². The van der Waals surface area contributed by atoms with Gasteiger partial charge in [-0.1, -0.05) is 0 Å². The van der Waals surface area contributed by atoms with Crippen molar-refractivity contribution in [3.63, 3.8) is 0 Å². The second-order valence-corrected chi connectivity index (χ2v) is 6.07. The number of nitrogens with zero attached hydrogens (tertiary/aromatic N) is 3. The van der Waals surface area contributed by atoms with Gasteiger partial charge in [-0.15, -0.1) is 24.0 Å². The Morgan fingerprint density at radius 1 is 1.36 bits per heavy atom. The van der Waals surface area contributed by atoms with Crippen molar-refractivity contribution in [3.8, 4) is 0 Å². The number of hydrogen-bond acceptors (Lipinski definition) is 5. The van der Waals surface area contributed by atoms with Crippen LogP contribution in [0.4, 0.5) is 0 Å². The van der Waals surface area contributed by atoms with Crippen molar-refractivity contribution in [2.75, 3.05) is 46.4 Å². The average molecular weight is 463 g/mol. The minimum absolute atomic E-state index is 0. The predicted molar refractivity (Wildman–Crippen MR) is 105 cm³/mol. The van der Waals surface area contributed by atoms with Crippen molar-refractivity contribution in [1.82, 2.24) is 15.1 Å². The number of rotatable bonds is 4. The molecule has 1 aromatic rings. The lowest BCUT2D eigenvalue weighted by atomic mass is 10.2. The largest absolute Gasteiger partial charge is 0.454 e. The van der Waals surface area contributed by atoms with E-state index in [4.69, 9.17) is 14.9 Å². The van der Waals surface area contributed by atoms with Crippen molar-refractivity contribution < 1.29 is 13.9 Å². The van der Waals surface area contributed by atoms with Gasteiger partial charge in [0.25, 0.3) is 5.91 Å². The van der Waals surface area contributed by atoms with Crippen molar-refractivity contribution in [2.24, 2.45) is 10.7 Å². The van der Waals surface area contributed by atoms with Crippen LogP contribution in [-0.4, -0.2) is 74.1 Å². The molecule has 0 radical (unpaired) electrons. The topological polar surface area (TPSA) is 96.3 Å². The molecule has 1 aromatic heterocycles. The number of nitrogens with one attached hydrogen (secondary N) is 1. The van der Waals surface area contributed by atoms with Gasteiger partial charge < -0.3 is 25.1 Å².